The highest BCUT2D eigenvalue weighted by Crippen LogP contribution is 2.33. The maximum absolute atomic E-state index is 12.1. The molecule has 150 valence electrons. The lowest BCUT2D eigenvalue weighted by molar-refractivity contribution is -0.0835. The fraction of sp³-hybridized carbons (Fsp3) is 0.944. The molecule has 1 aliphatic heterocycles. The third kappa shape index (κ3) is 9.04. The smallest absolute Gasteiger partial charge is 0.191 e. The minimum atomic E-state index is -0.847. The van der Waals surface area contributed by atoms with Crippen molar-refractivity contribution in [2.75, 3.05) is 32.5 Å². The fourth-order valence-electron chi connectivity index (χ4n) is 3.03. The van der Waals surface area contributed by atoms with E-state index in [1.165, 1.54) is 6.42 Å². The summed E-state index contributed by atoms with van der Waals surface area (Å²) in [6.07, 6.45) is 2.57. The molecule has 0 bridgehead atoms. The Morgan fingerprint density at radius 3 is 2.36 bits per heavy atom. The van der Waals surface area contributed by atoms with Gasteiger partial charge < -0.3 is 15.4 Å². The van der Waals surface area contributed by atoms with Crippen LogP contribution >= 0.6 is 24.0 Å². The zero-order valence-corrected chi connectivity index (χ0v) is 20.1. The van der Waals surface area contributed by atoms with Crippen molar-refractivity contribution in [3.63, 3.8) is 0 Å². The molecule has 3 atom stereocenters. The molecule has 0 aromatic rings. The maximum Gasteiger partial charge on any atom is 0.191 e. The predicted molar refractivity (Wildman–Crippen MR) is 119 cm³/mol. The lowest BCUT2D eigenvalue weighted by Gasteiger charge is -2.40. The number of ether oxygens (including phenoxy) is 1. The molecule has 1 saturated heterocycles. The van der Waals surface area contributed by atoms with E-state index in [1.807, 2.05) is 20.8 Å². The van der Waals surface area contributed by atoms with Gasteiger partial charge in [-0.05, 0) is 39.0 Å². The lowest BCUT2D eigenvalue weighted by Crippen LogP contribution is -2.48. The van der Waals surface area contributed by atoms with Crippen LogP contribution in [-0.4, -0.2) is 53.5 Å². The maximum atomic E-state index is 12.1. The first kappa shape index (κ1) is 25.1. The molecule has 5 nitrogen and oxygen atoms in total. The molecule has 0 amide bonds. The summed E-state index contributed by atoms with van der Waals surface area (Å²) in [5.74, 6) is 1.89. The van der Waals surface area contributed by atoms with Crippen LogP contribution < -0.4 is 10.6 Å². The van der Waals surface area contributed by atoms with Gasteiger partial charge in [0.2, 0.25) is 0 Å². The summed E-state index contributed by atoms with van der Waals surface area (Å²) in [4.78, 5) is 4.27. The van der Waals surface area contributed by atoms with Gasteiger partial charge in [-0.1, -0.05) is 20.8 Å². The van der Waals surface area contributed by atoms with Gasteiger partial charge in [-0.3, -0.25) is 9.20 Å². The average Bonchev–Trinajstić information content (AvgIpc) is 2.48. The SMILES string of the molecule is CN=C(NCCS(=O)C(C)(C)C)NCC1CCCOC1C(C)(C)C.I. The normalized spacial score (nSPS) is 23.6. The fourth-order valence-corrected chi connectivity index (χ4v) is 3.93. The van der Waals surface area contributed by atoms with Gasteiger partial charge in [0.1, 0.15) is 0 Å². The van der Waals surface area contributed by atoms with Crippen LogP contribution in [0.1, 0.15) is 54.4 Å². The van der Waals surface area contributed by atoms with Gasteiger partial charge in [-0.2, -0.15) is 0 Å². The van der Waals surface area contributed by atoms with Crippen LogP contribution in [0.3, 0.4) is 0 Å². The highest BCUT2D eigenvalue weighted by atomic mass is 127. The molecule has 0 aromatic carbocycles. The number of hydrogen-bond acceptors (Lipinski definition) is 3. The minimum absolute atomic E-state index is 0. The molecule has 3 unspecified atom stereocenters. The molecule has 0 saturated carbocycles. The zero-order chi connectivity index (χ0) is 18.4. The van der Waals surface area contributed by atoms with E-state index in [-0.39, 0.29) is 40.2 Å². The molecule has 25 heavy (non-hydrogen) atoms. The van der Waals surface area contributed by atoms with Gasteiger partial charge in [0.25, 0.3) is 0 Å². The topological polar surface area (TPSA) is 62.7 Å². The summed E-state index contributed by atoms with van der Waals surface area (Å²) < 4.78 is 17.9. The van der Waals surface area contributed by atoms with Crippen LogP contribution in [0.4, 0.5) is 0 Å². The number of guanidine groups is 1. The number of nitrogens with one attached hydrogen (secondary N) is 2. The van der Waals surface area contributed by atoms with Crippen LogP contribution in [0.2, 0.25) is 0 Å². The Hall–Kier alpha value is 0.110. The Balaban J connectivity index is 0.00000576. The van der Waals surface area contributed by atoms with Crippen LogP contribution in [0.5, 0.6) is 0 Å². The van der Waals surface area contributed by atoms with E-state index in [9.17, 15) is 4.21 Å². The average molecular weight is 487 g/mol. The largest absolute Gasteiger partial charge is 0.377 e. The van der Waals surface area contributed by atoms with E-state index in [0.29, 0.717) is 18.2 Å². The molecule has 0 radical (unpaired) electrons. The summed E-state index contributed by atoms with van der Waals surface area (Å²) in [7, 11) is 0.926. The molecule has 1 fully saturated rings. The van der Waals surface area contributed by atoms with Crippen molar-refractivity contribution >= 4 is 40.7 Å². The number of rotatable bonds is 5. The number of hydrogen-bond donors (Lipinski definition) is 2. The monoisotopic (exact) mass is 487 g/mol. The molecule has 7 heteroatoms. The quantitative estimate of drug-likeness (QED) is 0.355. The van der Waals surface area contributed by atoms with E-state index in [0.717, 1.165) is 25.5 Å². The minimum Gasteiger partial charge on any atom is -0.377 e. The summed E-state index contributed by atoms with van der Waals surface area (Å²) in [6, 6.07) is 0. The van der Waals surface area contributed by atoms with Gasteiger partial charge >= 0.3 is 0 Å². The third-order valence-corrected chi connectivity index (χ3v) is 6.26. The zero-order valence-electron chi connectivity index (χ0n) is 17.0. The van der Waals surface area contributed by atoms with Crippen LogP contribution in [0.15, 0.2) is 4.99 Å². The van der Waals surface area contributed by atoms with Crippen molar-refractivity contribution in [3.05, 3.63) is 0 Å². The molecular weight excluding hydrogens is 449 g/mol. The van der Waals surface area contributed by atoms with Gasteiger partial charge in [0.05, 0.1) is 6.10 Å². The van der Waals surface area contributed by atoms with Crippen molar-refractivity contribution < 1.29 is 8.95 Å². The number of halogens is 1. The van der Waals surface area contributed by atoms with E-state index in [4.69, 9.17) is 4.74 Å². The predicted octanol–water partition coefficient (Wildman–Crippen LogP) is 3.16. The van der Waals surface area contributed by atoms with Gasteiger partial charge in [-0.15, -0.1) is 24.0 Å². The van der Waals surface area contributed by atoms with Crippen molar-refractivity contribution in [1.82, 2.24) is 10.6 Å². The van der Waals surface area contributed by atoms with E-state index >= 15 is 0 Å². The van der Waals surface area contributed by atoms with Crippen LogP contribution in [-0.2, 0) is 15.5 Å². The summed E-state index contributed by atoms with van der Waals surface area (Å²) in [6.45, 7) is 15.1. The molecule has 1 rings (SSSR count). The highest BCUT2D eigenvalue weighted by molar-refractivity contribution is 14.0. The molecule has 1 aliphatic rings. The molecule has 0 aromatic heterocycles. The second-order valence-electron chi connectivity index (χ2n) is 8.60. The summed E-state index contributed by atoms with van der Waals surface area (Å²) >= 11 is 0. The Bertz CT molecular complexity index is 445. The summed E-state index contributed by atoms with van der Waals surface area (Å²) in [5, 5.41) is 6.68. The second kappa shape index (κ2) is 11.1. The molecular formula is C18H38IN3O2S. The second-order valence-corrected chi connectivity index (χ2v) is 10.9. The van der Waals surface area contributed by atoms with E-state index < -0.39 is 10.8 Å². The van der Waals surface area contributed by atoms with Crippen LogP contribution in [0.25, 0.3) is 0 Å². The van der Waals surface area contributed by atoms with Crippen molar-refractivity contribution in [2.45, 2.75) is 65.2 Å². The van der Waals surface area contributed by atoms with E-state index in [1.54, 1.807) is 7.05 Å². The third-order valence-electron chi connectivity index (χ3n) is 4.32. The van der Waals surface area contributed by atoms with Gasteiger partial charge in [0, 0.05) is 54.0 Å². The first-order chi connectivity index (χ1) is 11.1. The standard InChI is InChI=1S/C18H37N3O2S.HI/c1-17(2,3)15-14(9-8-11-23-15)13-21-16(19-7)20-10-12-24(22)18(4,5)6;/h14-15H,8-13H2,1-7H3,(H2,19,20,21);1H. The Kier molecular flexibility index (Phi) is 11.1. The van der Waals surface area contributed by atoms with Crippen LogP contribution in [0, 0.1) is 11.3 Å². The van der Waals surface area contributed by atoms with Gasteiger partial charge in [-0.25, -0.2) is 0 Å². The van der Waals surface area contributed by atoms with Gasteiger partial charge in [0.15, 0.2) is 5.96 Å². The van der Waals surface area contributed by atoms with Crippen molar-refractivity contribution in [1.29, 1.82) is 0 Å². The lowest BCUT2D eigenvalue weighted by atomic mass is 9.78. The molecule has 0 spiro atoms. The molecule has 2 N–H and O–H groups in total. The Morgan fingerprint density at radius 1 is 1.20 bits per heavy atom. The number of aliphatic imine (C=N–C) groups is 1. The van der Waals surface area contributed by atoms with Crippen molar-refractivity contribution in [2.24, 2.45) is 16.3 Å². The Labute approximate surface area is 174 Å². The first-order valence-corrected chi connectivity index (χ1v) is 10.3. The van der Waals surface area contributed by atoms with Crippen molar-refractivity contribution in [3.8, 4) is 0 Å². The Morgan fingerprint density at radius 2 is 1.84 bits per heavy atom. The molecule has 0 aliphatic carbocycles. The summed E-state index contributed by atoms with van der Waals surface area (Å²) in [5.41, 5.74) is 0.146. The highest BCUT2D eigenvalue weighted by Gasteiger charge is 2.35. The van der Waals surface area contributed by atoms with E-state index in [2.05, 4.69) is 36.4 Å². The number of nitrogens with zero attached hydrogens (tertiary/aromatic N) is 1. The molecule has 1 heterocycles. The first-order valence-electron chi connectivity index (χ1n) is 9.00.